The Morgan fingerprint density at radius 3 is 2.82 bits per heavy atom. The SMILES string of the molecule is CC(=O)c1ccc(SC2CCOC2C)c(Cl)c1. The highest BCUT2D eigenvalue weighted by molar-refractivity contribution is 8.00. The third kappa shape index (κ3) is 3.03. The second-order valence-electron chi connectivity index (χ2n) is 4.22. The van der Waals surface area contributed by atoms with Crippen molar-refractivity contribution in [3.63, 3.8) is 0 Å². The van der Waals surface area contributed by atoms with E-state index in [0.717, 1.165) is 17.9 Å². The number of ether oxygens (including phenoxy) is 1. The number of rotatable bonds is 3. The van der Waals surface area contributed by atoms with Gasteiger partial charge < -0.3 is 4.74 Å². The molecule has 1 aromatic carbocycles. The predicted octanol–water partition coefficient (Wildman–Crippen LogP) is 3.81. The van der Waals surface area contributed by atoms with Crippen molar-refractivity contribution in [1.29, 1.82) is 0 Å². The van der Waals surface area contributed by atoms with Crippen LogP contribution in [0, 0.1) is 0 Å². The molecule has 0 saturated carbocycles. The van der Waals surface area contributed by atoms with Crippen molar-refractivity contribution in [3.05, 3.63) is 28.8 Å². The number of hydrogen-bond acceptors (Lipinski definition) is 3. The third-order valence-corrected chi connectivity index (χ3v) is 4.88. The summed E-state index contributed by atoms with van der Waals surface area (Å²) in [4.78, 5) is 12.2. The number of Topliss-reactive ketones (excluding diaryl/α,β-unsaturated/α-hetero) is 1. The summed E-state index contributed by atoms with van der Waals surface area (Å²) in [6.07, 6.45) is 1.32. The van der Waals surface area contributed by atoms with Gasteiger partial charge in [0, 0.05) is 22.3 Å². The number of halogens is 1. The molecule has 1 saturated heterocycles. The molecule has 0 aliphatic carbocycles. The largest absolute Gasteiger partial charge is 0.377 e. The van der Waals surface area contributed by atoms with E-state index in [1.807, 2.05) is 12.1 Å². The first-order valence-electron chi connectivity index (χ1n) is 5.66. The molecule has 0 bridgehead atoms. The Balaban J connectivity index is 2.14. The van der Waals surface area contributed by atoms with Gasteiger partial charge >= 0.3 is 0 Å². The van der Waals surface area contributed by atoms with Gasteiger partial charge in [0.05, 0.1) is 11.1 Å². The highest BCUT2D eigenvalue weighted by Gasteiger charge is 2.25. The number of hydrogen-bond donors (Lipinski definition) is 0. The standard InChI is InChI=1S/C13H15ClO2S/c1-8(15)10-3-4-13(11(14)7-10)17-12-5-6-16-9(12)2/h3-4,7,9,12H,5-6H2,1-2H3. The lowest BCUT2D eigenvalue weighted by Gasteiger charge is -2.14. The van der Waals surface area contributed by atoms with Crippen molar-refractivity contribution < 1.29 is 9.53 Å². The lowest BCUT2D eigenvalue weighted by atomic mass is 10.1. The summed E-state index contributed by atoms with van der Waals surface area (Å²) in [6.45, 7) is 4.45. The molecule has 2 rings (SSSR count). The molecule has 0 radical (unpaired) electrons. The van der Waals surface area contributed by atoms with Gasteiger partial charge in [-0.2, -0.15) is 0 Å². The van der Waals surface area contributed by atoms with Crippen molar-refractivity contribution in [3.8, 4) is 0 Å². The van der Waals surface area contributed by atoms with E-state index < -0.39 is 0 Å². The van der Waals surface area contributed by atoms with Crippen LogP contribution in [0.5, 0.6) is 0 Å². The number of benzene rings is 1. The Labute approximate surface area is 111 Å². The summed E-state index contributed by atoms with van der Waals surface area (Å²) >= 11 is 7.92. The summed E-state index contributed by atoms with van der Waals surface area (Å²) in [6, 6.07) is 5.50. The quantitative estimate of drug-likeness (QED) is 0.781. The Kier molecular flexibility index (Phi) is 4.13. The number of carbonyl (C=O) groups excluding carboxylic acids is 1. The molecular formula is C13H15ClO2S. The summed E-state index contributed by atoms with van der Waals surface area (Å²) < 4.78 is 5.52. The summed E-state index contributed by atoms with van der Waals surface area (Å²) in [7, 11) is 0. The van der Waals surface area contributed by atoms with Gasteiger partial charge in [0.25, 0.3) is 0 Å². The number of ketones is 1. The highest BCUT2D eigenvalue weighted by Crippen LogP contribution is 2.36. The molecule has 2 atom stereocenters. The van der Waals surface area contributed by atoms with E-state index in [0.29, 0.717) is 15.8 Å². The fraction of sp³-hybridized carbons (Fsp3) is 0.462. The van der Waals surface area contributed by atoms with E-state index in [1.54, 1.807) is 24.8 Å². The minimum atomic E-state index is 0.0426. The molecule has 1 heterocycles. The number of carbonyl (C=O) groups is 1. The lowest BCUT2D eigenvalue weighted by molar-refractivity contribution is 0.101. The van der Waals surface area contributed by atoms with E-state index in [9.17, 15) is 4.79 Å². The summed E-state index contributed by atoms with van der Waals surface area (Å²) in [5.41, 5.74) is 0.662. The highest BCUT2D eigenvalue weighted by atomic mass is 35.5. The molecule has 1 aromatic rings. The Bertz CT molecular complexity index is 433. The van der Waals surface area contributed by atoms with Crippen LogP contribution in [0.15, 0.2) is 23.1 Å². The Morgan fingerprint density at radius 1 is 1.53 bits per heavy atom. The van der Waals surface area contributed by atoms with E-state index in [1.165, 1.54) is 0 Å². The molecule has 2 unspecified atom stereocenters. The minimum Gasteiger partial charge on any atom is -0.377 e. The van der Waals surface area contributed by atoms with Gasteiger partial charge in [0.15, 0.2) is 5.78 Å². The fourth-order valence-electron chi connectivity index (χ4n) is 1.85. The van der Waals surface area contributed by atoms with Crippen LogP contribution in [0.4, 0.5) is 0 Å². The van der Waals surface area contributed by atoms with Gasteiger partial charge in [0.1, 0.15) is 0 Å². The van der Waals surface area contributed by atoms with E-state index >= 15 is 0 Å². The molecule has 17 heavy (non-hydrogen) atoms. The first kappa shape index (κ1) is 12.9. The minimum absolute atomic E-state index is 0.0426. The molecule has 1 fully saturated rings. The second-order valence-corrected chi connectivity index (χ2v) is 5.91. The molecular weight excluding hydrogens is 256 g/mol. The van der Waals surface area contributed by atoms with Crippen LogP contribution in [0.3, 0.4) is 0 Å². The van der Waals surface area contributed by atoms with Crippen LogP contribution in [0.1, 0.15) is 30.6 Å². The Morgan fingerprint density at radius 2 is 2.29 bits per heavy atom. The lowest BCUT2D eigenvalue weighted by Crippen LogP contribution is -2.13. The average Bonchev–Trinajstić information content (AvgIpc) is 2.67. The van der Waals surface area contributed by atoms with Crippen LogP contribution >= 0.6 is 23.4 Å². The van der Waals surface area contributed by atoms with Gasteiger partial charge in [-0.05, 0) is 32.4 Å². The third-order valence-electron chi connectivity index (χ3n) is 2.92. The normalized spacial score (nSPS) is 23.9. The van der Waals surface area contributed by atoms with Crippen molar-refractivity contribution in [2.75, 3.05) is 6.61 Å². The zero-order valence-corrected chi connectivity index (χ0v) is 11.5. The van der Waals surface area contributed by atoms with Gasteiger partial charge in [0.2, 0.25) is 0 Å². The molecule has 92 valence electrons. The maximum Gasteiger partial charge on any atom is 0.159 e. The van der Waals surface area contributed by atoms with Crippen LogP contribution in [0.2, 0.25) is 5.02 Å². The fourth-order valence-corrected chi connectivity index (χ4v) is 3.29. The smallest absolute Gasteiger partial charge is 0.159 e. The van der Waals surface area contributed by atoms with Crippen LogP contribution in [-0.4, -0.2) is 23.7 Å². The van der Waals surface area contributed by atoms with Crippen LogP contribution in [-0.2, 0) is 4.74 Å². The van der Waals surface area contributed by atoms with E-state index in [4.69, 9.17) is 16.3 Å². The maximum atomic E-state index is 11.2. The predicted molar refractivity (Wildman–Crippen MR) is 71.1 cm³/mol. The average molecular weight is 271 g/mol. The molecule has 4 heteroatoms. The van der Waals surface area contributed by atoms with E-state index in [-0.39, 0.29) is 11.9 Å². The first-order valence-corrected chi connectivity index (χ1v) is 6.92. The topological polar surface area (TPSA) is 26.3 Å². The summed E-state index contributed by atoms with van der Waals surface area (Å²) in [5.74, 6) is 0.0426. The molecule has 1 aliphatic heterocycles. The van der Waals surface area contributed by atoms with Crippen molar-refractivity contribution in [2.24, 2.45) is 0 Å². The summed E-state index contributed by atoms with van der Waals surface area (Å²) in [5, 5.41) is 1.11. The van der Waals surface area contributed by atoms with Gasteiger partial charge in [-0.1, -0.05) is 17.7 Å². The molecule has 0 spiro atoms. The van der Waals surface area contributed by atoms with Crippen molar-refractivity contribution in [2.45, 2.75) is 36.5 Å². The second kappa shape index (κ2) is 5.42. The zero-order valence-electron chi connectivity index (χ0n) is 9.90. The maximum absolute atomic E-state index is 11.2. The first-order chi connectivity index (χ1) is 8.08. The molecule has 0 N–H and O–H groups in total. The van der Waals surface area contributed by atoms with Crippen molar-refractivity contribution >= 4 is 29.1 Å². The Hall–Kier alpha value is -0.510. The van der Waals surface area contributed by atoms with Gasteiger partial charge in [-0.15, -0.1) is 11.8 Å². The molecule has 1 aliphatic rings. The molecule has 2 nitrogen and oxygen atoms in total. The molecule has 0 amide bonds. The van der Waals surface area contributed by atoms with Gasteiger partial charge in [-0.3, -0.25) is 4.79 Å². The van der Waals surface area contributed by atoms with Crippen LogP contribution < -0.4 is 0 Å². The zero-order chi connectivity index (χ0) is 12.4. The number of thioether (sulfide) groups is 1. The monoisotopic (exact) mass is 270 g/mol. The van der Waals surface area contributed by atoms with Crippen molar-refractivity contribution in [1.82, 2.24) is 0 Å². The van der Waals surface area contributed by atoms with Crippen LogP contribution in [0.25, 0.3) is 0 Å². The molecule has 0 aromatic heterocycles. The van der Waals surface area contributed by atoms with E-state index in [2.05, 4.69) is 6.92 Å². The van der Waals surface area contributed by atoms with Gasteiger partial charge in [-0.25, -0.2) is 0 Å².